The molecule has 2 unspecified atom stereocenters. The van der Waals surface area contributed by atoms with E-state index in [4.69, 9.17) is 4.74 Å². The summed E-state index contributed by atoms with van der Waals surface area (Å²) in [4.78, 5) is 0. The van der Waals surface area contributed by atoms with Crippen molar-refractivity contribution in [2.75, 3.05) is 6.61 Å². The SMILES string of the molecule is CCCCCC1CCC(c2ccc(C3CCC(C4CCC(/C(F)=C/C(F)(F)F)OC4)CC3)cc2)CC1. The third-order valence-electron chi connectivity index (χ3n) is 9.30. The summed E-state index contributed by atoms with van der Waals surface area (Å²) >= 11 is 0. The van der Waals surface area contributed by atoms with E-state index < -0.39 is 18.1 Å². The second-order valence-electron chi connectivity index (χ2n) is 11.7. The molecule has 1 aromatic rings. The molecule has 0 spiro atoms. The fourth-order valence-corrected chi connectivity index (χ4v) is 7.04. The van der Waals surface area contributed by atoms with Crippen LogP contribution in [-0.4, -0.2) is 18.9 Å². The van der Waals surface area contributed by atoms with Gasteiger partial charge in [-0.25, -0.2) is 4.39 Å². The van der Waals surface area contributed by atoms with E-state index in [1.165, 1.54) is 62.5 Å². The van der Waals surface area contributed by atoms with Crippen LogP contribution in [0.15, 0.2) is 36.2 Å². The Kier molecular flexibility index (Phi) is 9.94. The number of rotatable bonds is 8. The minimum absolute atomic E-state index is 0.256. The van der Waals surface area contributed by atoms with Crippen LogP contribution in [0, 0.1) is 17.8 Å². The third-order valence-corrected chi connectivity index (χ3v) is 9.30. The van der Waals surface area contributed by atoms with Crippen LogP contribution in [0.3, 0.4) is 0 Å². The monoisotopic (exact) mass is 508 g/mol. The van der Waals surface area contributed by atoms with Gasteiger partial charge in [-0.15, -0.1) is 0 Å². The standard InChI is InChI=1S/C31H44F4O/c1-2-3-4-5-22-6-8-23(9-7-22)24-10-12-25(13-11-24)26-14-16-27(17-15-26)28-18-19-30(36-21-28)29(32)20-31(33,34)35/h10-13,20,22-23,26-28,30H,2-9,14-19,21H2,1H3/b29-20-. The third kappa shape index (κ3) is 7.82. The van der Waals surface area contributed by atoms with Gasteiger partial charge in [-0.3, -0.25) is 0 Å². The molecule has 1 saturated heterocycles. The molecule has 1 aliphatic heterocycles. The molecule has 3 aliphatic rings. The Bertz CT molecular complexity index is 806. The van der Waals surface area contributed by atoms with Crippen molar-refractivity contribution in [1.82, 2.24) is 0 Å². The van der Waals surface area contributed by atoms with E-state index in [-0.39, 0.29) is 6.08 Å². The van der Waals surface area contributed by atoms with E-state index in [1.807, 2.05) is 0 Å². The van der Waals surface area contributed by atoms with Gasteiger partial charge in [-0.2, -0.15) is 13.2 Å². The molecule has 202 valence electrons. The van der Waals surface area contributed by atoms with Gasteiger partial charge in [0.15, 0.2) is 0 Å². The van der Waals surface area contributed by atoms with E-state index in [1.54, 1.807) is 0 Å². The predicted molar refractivity (Wildman–Crippen MR) is 138 cm³/mol. The van der Waals surface area contributed by atoms with Crippen molar-refractivity contribution in [2.24, 2.45) is 17.8 Å². The molecule has 3 fully saturated rings. The molecule has 1 aromatic carbocycles. The van der Waals surface area contributed by atoms with E-state index >= 15 is 0 Å². The fourth-order valence-electron chi connectivity index (χ4n) is 7.04. The Morgan fingerprint density at radius 1 is 0.806 bits per heavy atom. The zero-order chi connectivity index (χ0) is 25.5. The predicted octanol–water partition coefficient (Wildman–Crippen LogP) is 10.0. The lowest BCUT2D eigenvalue weighted by atomic mass is 9.72. The molecule has 0 amide bonds. The summed E-state index contributed by atoms with van der Waals surface area (Å²) in [5.74, 6) is 1.94. The molecule has 5 heteroatoms. The molecule has 4 rings (SSSR count). The van der Waals surface area contributed by atoms with Gasteiger partial charge in [-0.1, -0.05) is 56.9 Å². The summed E-state index contributed by atoms with van der Waals surface area (Å²) < 4.78 is 56.6. The van der Waals surface area contributed by atoms with Gasteiger partial charge in [0.2, 0.25) is 0 Å². The number of alkyl halides is 3. The maximum absolute atomic E-state index is 13.8. The summed E-state index contributed by atoms with van der Waals surface area (Å²) in [6, 6.07) is 9.47. The quantitative estimate of drug-likeness (QED) is 0.251. The van der Waals surface area contributed by atoms with Gasteiger partial charge in [0, 0.05) is 0 Å². The van der Waals surface area contributed by atoms with Crippen molar-refractivity contribution in [1.29, 1.82) is 0 Å². The first-order valence-electron chi connectivity index (χ1n) is 14.5. The highest BCUT2D eigenvalue weighted by molar-refractivity contribution is 5.28. The molecule has 2 atom stereocenters. The highest BCUT2D eigenvalue weighted by atomic mass is 19.4. The van der Waals surface area contributed by atoms with Crippen molar-refractivity contribution < 1.29 is 22.3 Å². The number of allylic oxidation sites excluding steroid dienone is 1. The van der Waals surface area contributed by atoms with Crippen molar-refractivity contribution >= 4 is 0 Å². The highest BCUT2D eigenvalue weighted by Crippen LogP contribution is 2.43. The van der Waals surface area contributed by atoms with Crippen LogP contribution >= 0.6 is 0 Å². The molecule has 0 N–H and O–H groups in total. The fraction of sp³-hybridized carbons (Fsp3) is 0.742. The maximum Gasteiger partial charge on any atom is 0.412 e. The minimum atomic E-state index is -4.63. The van der Waals surface area contributed by atoms with E-state index in [2.05, 4.69) is 31.2 Å². The van der Waals surface area contributed by atoms with Gasteiger partial charge in [0.05, 0.1) is 12.7 Å². The van der Waals surface area contributed by atoms with Crippen molar-refractivity contribution in [3.63, 3.8) is 0 Å². The lowest BCUT2D eigenvalue weighted by Crippen LogP contribution is -2.32. The topological polar surface area (TPSA) is 9.23 Å². The summed E-state index contributed by atoms with van der Waals surface area (Å²) in [5, 5.41) is 0. The van der Waals surface area contributed by atoms with Crippen LogP contribution in [0.25, 0.3) is 0 Å². The normalized spacial score (nSPS) is 32.4. The largest absolute Gasteiger partial charge is 0.412 e. The Morgan fingerprint density at radius 3 is 1.86 bits per heavy atom. The van der Waals surface area contributed by atoms with Gasteiger partial charge < -0.3 is 4.74 Å². The molecule has 0 bridgehead atoms. The Labute approximate surface area is 215 Å². The van der Waals surface area contributed by atoms with Crippen LogP contribution < -0.4 is 0 Å². The lowest BCUT2D eigenvalue weighted by Gasteiger charge is -2.37. The molecule has 1 heterocycles. The number of unbranched alkanes of at least 4 members (excludes halogenated alkanes) is 2. The average Bonchev–Trinajstić information content (AvgIpc) is 2.89. The Balaban J connectivity index is 1.19. The maximum atomic E-state index is 13.8. The summed E-state index contributed by atoms with van der Waals surface area (Å²) in [6.07, 6.45) is 10.6. The summed E-state index contributed by atoms with van der Waals surface area (Å²) in [6.45, 7) is 2.65. The van der Waals surface area contributed by atoms with Crippen LogP contribution in [0.5, 0.6) is 0 Å². The zero-order valence-corrected chi connectivity index (χ0v) is 21.9. The first-order chi connectivity index (χ1) is 17.3. The average molecular weight is 509 g/mol. The molecule has 2 saturated carbocycles. The summed E-state index contributed by atoms with van der Waals surface area (Å²) in [5.41, 5.74) is 2.96. The highest BCUT2D eigenvalue weighted by Gasteiger charge is 2.35. The first-order valence-corrected chi connectivity index (χ1v) is 14.5. The Morgan fingerprint density at radius 2 is 1.36 bits per heavy atom. The minimum Gasteiger partial charge on any atom is -0.371 e. The molecular weight excluding hydrogens is 464 g/mol. The van der Waals surface area contributed by atoms with Crippen molar-refractivity contribution in [2.45, 2.75) is 121 Å². The van der Waals surface area contributed by atoms with Gasteiger partial charge >= 0.3 is 6.18 Å². The number of benzene rings is 1. The van der Waals surface area contributed by atoms with E-state index in [0.717, 1.165) is 43.9 Å². The van der Waals surface area contributed by atoms with Crippen LogP contribution in [0.4, 0.5) is 17.6 Å². The first kappa shape index (κ1) is 27.7. The molecule has 36 heavy (non-hydrogen) atoms. The smallest absolute Gasteiger partial charge is 0.371 e. The van der Waals surface area contributed by atoms with Gasteiger partial charge in [0.25, 0.3) is 0 Å². The van der Waals surface area contributed by atoms with Crippen molar-refractivity contribution in [3.8, 4) is 0 Å². The molecule has 1 nitrogen and oxygen atoms in total. The summed E-state index contributed by atoms with van der Waals surface area (Å²) in [7, 11) is 0. The van der Waals surface area contributed by atoms with E-state index in [0.29, 0.717) is 30.8 Å². The molecular formula is C31H44F4O. The van der Waals surface area contributed by atoms with Gasteiger partial charge in [0.1, 0.15) is 11.9 Å². The second-order valence-corrected chi connectivity index (χ2v) is 11.7. The number of hydrogen-bond donors (Lipinski definition) is 0. The van der Waals surface area contributed by atoms with Crippen LogP contribution in [0.2, 0.25) is 0 Å². The molecule has 0 radical (unpaired) electrons. The van der Waals surface area contributed by atoms with Crippen LogP contribution in [0.1, 0.15) is 120 Å². The molecule has 0 aromatic heterocycles. The van der Waals surface area contributed by atoms with Gasteiger partial charge in [-0.05, 0) is 105 Å². The Hall–Kier alpha value is -1.36. The number of halogens is 4. The van der Waals surface area contributed by atoms with Crippen molar-refractivity contribution in [3.05, 3.63) is 47.3 Å². The number of hydrogen-bond acceptors (Lipinski definition) is 1. The van der Waals surface area contributed by atoms with Crippen LogP contribution in [-0.2, 0) is 4.74 Å². The number of ether oxygens (including phenoxy) is 1. The van der Waals surface area contributed by atoms with E-state index in [9.17, 15) is 17.6 Å². The second kappa shape index (κ2) is 12.9. The lowest BCUT2D eigenvalue weighted by molar-refractivity contribution is -0.0855. The zero-order valence-electron chi connectivity index (χ0n) is 21.9. The molecule has 2 aliphatic carbocycles.